The smallest absolute Gasteiger partial charge is 0.226 e. The molecule has 2 aromatic heterocycles. The van der Waals surface area contributed by atoms with Crippen LogP contribution in [0, 0.1) is 5.82 Å². The predicted molar refractivity (Wildman–Crippen MR) is 155 cm³/mol. The van der Waals surface area contributed by atoms with Crippen LogP contribution in [-0.4, -0.2) is 32.0 Å². The summed E-state index contributed by atoms with van der Waals surface area (Å²) in [6, 6.07) is 29.6. The highest BCUT2D eigenvalue weighted by molar-refractivity contribution is 7.80. The summed E-state index contributed by atoms with van der Waals surface area (Å²) in [6.07, 6.45) is 3.95. The van der Waals surface area contributed by atoms with Crippen molar-refractivity contribution < 1.29 is 9.18 Å². The molecule has 2 atom stereocenters. The Kier molecular flexibility index (Phi) is 6.77. The largest absolute Gasteiger partial charge is 0.352 e. The highest BCUT2D eigenvalue weighted by atomic mass is 32.1. The van der Waals surface area contributed by atoms with Crippen LogP contribution in [-0.2, 0) is 4.79 Å². The highest BCUT2D eigenvalue weighted by Crippen LogP contribution is 2.39. The second-order valence-corrected chi connectivity index (χ2v) is 9.81. The molecule has 0 unspecified atom stereocenters. The van der Waals surface area contributed by atoms with Crippen LogP contribution in [0.3, 0.4) is 0 Å². The van der Waals surface area contributed by atoms with Gasteiger partial charge in [-0.25, -0.2) is 4.39 Å². The Bertz CT molecular complexity index is 1630. The maximum atomic E-state index is 13.7. The van der Waals surface area contributed by atoms with Crippen molar-refractivity contribution in [1.82, 2.24) is 19.8 Å². The van der Waals surface area contributed by atoms with Gasteiger partial charge in [-0.1, -0.05) is 42.5 Å². The van der Waals surface area contributed by atoms with E-state index in [1.807, 2.05) is 88.5 Å². The Morgan fingerprint density at radius 2 is 1.74 bits per heavy atom. The number of aromatic nitrogens is 2. The summed E-state index contributed by atoms with van der Waals surface area (Å²) in [5.74, 6) is -0.385. The molecule has 0 radical (unpaired) electrons. The van der Waals surface area contributed by atoms with Crippen LogP contribution < -0.4 is 10.6 Å². The van der Waals surface area contributed by atoms with Crippen molar-refractivity contribution in [3.8, 4) is 5.69 Å². The first kappa shape index (κ1) is 24.8. The predicted octanol–water partition coefficient (Wildman–Crippen LogP) is 6.17. The van der Waals surface area contributed by atoms with Crippen LogP contribution in [0.5, 0.6) is 0 Å². The summed E-state index contributed by atoms with van der Waals surface area (Å²) in [6.45, 7) is 0.408. The first-order valence-electron chi connectivity index (χ1n) is 12.8. The number of pyridine rings is 1. The molecule has 3 heterocycles. The van der Waals surface area contributed by atoms with Gasteiger partial charge < -0.3 is 20.1 Å². The number of rotatable bonds is 7. The molecule has 0 spiro atoms. The monoisotopic (exact) mass is 535 g/mol. The van der Waals surface area contributed by atoms with Crippen molar-refractivity contribution in [2.24, 2.45) is 0 Å². The Labute approximate surface area is 231 Å². The number of fused-ring (bicyclic) bond motifs is 1. The van der Waals surface area contributed by atoms with E-state index in [2.05, 4.69) is 15.6 Å². The minimum Gasteiger partial charge on any atom is -0.352 e. The summed E-state index contributed by atoms with van der Waals surface area (Å²) in [4.78, 5) is 19.8. The number of benzene rings is 3. The number of anilines is 1. The fraction of sp³-hybridized carbons (Fsp3) is 0.129. The fourth-order valence-corrected chi connectivity index (χ4v) is 5.54. The van der Waals surface area contributed by atoms with Crippen molar-refractivity contribution >= 4 is 39.7 Å². The Morgan fingerprint density at radius 1 is 0.949 bits per heavy atom. The van der Waals surface area contributed by atoms with E-state index in [0.29, 0.717) is 11.7 Å². The minimum absolute atomic E-state index is 0.0943. The van der Waals surface area contributed by atoms with E-state index in [1.54, 1.807) is 18.3 Å². The van der Waals surface area contributed by atoms with Crippen molar-refractivity contribution in [3.63, 3.8) is 0 Å². The lowest BCUT2D eigenvalue weighted by Crippen LogP contribution is -2.33. The number of carbonyl (C=O) groups excluding carboxylic acids is 1. The molecule has 1 aliphatic rings. The van der Waals surface area contributed by atoms with Crippen molar-refractivity contribution in [2.75, 3.05) is 11.9 Å². The van der Waals surface area contributed by atoms with Crippen LogP contribution in [0.25, 0.3) is 16.5 Å². The van der Waals surface area contributed by atoms with Gasteiger partial charge in [0.25, 0.3) is 0 Å². The zero-order valence-corrected chi connectivity index (χ0v) is 21.8. The van der Waals surface area contributed by atoms with Gasteiger partial charge in [0, 0.05) is 47.8 Å². The molecule has 5 aromatic rings. The summed E-state index contributed by atoms with van der Waals surface area (Å²) < 4.78 is 15.7. The van der Waals surface area contributed by atoms with Crippen LogP contribution in [0.2, 0.25) is 0 Å². The van der Waals surface area contributed by atoms with Crippen LogP contribution >= 0.6 is 12.2 Å². The first-order chi connectivity index (χ1) is 19.1. The van der Waals surface area contributed by atoms with Gasteiger partial charge in [-0.2, -0.15) is 0 Å². The topological polar surface area (TPSA) is 62.2 Å². The quantitative estimate of drug-likeness (QED) is 0.244. The molecule has 3 aromatic carbocycles. The van der Waals surface area contributed by atoms with E-state index in [4.69, 9.17) is 12.2 Å². The summed E-state index contributed by atoms with van der Waals surface area (Å²) >= 11 is 5.79. The average molecular weight is 536 g/mol. The van der Waals surface area contributed by atoms with Crippen molar-refractivity contribution in [3.05, 3.63) is 127 Å². The van der Waals surface area contributed by atoms with E-state index >= 15 is 0 Å². The number of amides is 1. The lowest BCUT2D eigenvalue weighted by molar-refractivity contribution is -0.116. The zero-order valence-electron chi connectivity index (χ0n) is 21.0. The number of hydrogen-bond donors (Lipinski definition) is 2. The third kappa shape index (κ3) is 4.98. The van der Waals surface area contributed by atoms with Crippen molar-refractivity contribution in [2.45, 2.75) is 18.5 Å². The number of carbonyl (C=O) groups is 1. The molecule has 0 saturated carbocycles. The Balaban J connectivity index is 1.29. The van der Waals surface area contributed by atoms with Crippen molar-refractivity contribution in [1.29, 1.82) is 0 Å². The second-order valence-electron chi connectivity index (χ2n) is 9.42. The normalized spacial score (nSPS) is 16.8. The number of nitrogens with zero attached hydrogens (tertiary/aromatic N) is 3. The molecule has 194 valence electrons. The molecule has 1 aliphatic heterocycles. The van der Waals surface area contributed by atoms with Gasteiger partial charge in [-0.15, -0.1) is 0 Å². The molecule has 1 fully saturated rings. The molecular formula is C31H26FN5OS. The van der Waals surface area contributed by atoms with E-state index in [9.17, 15) is 9.18 Å². The molecule has 0 bridgehead atoms. The van der Waals surface area contributed by atoms with Gasteiger partial charge in [0.05, 0.1) is 17.8 Å². The van der Waals surface area contributed by atoms with E-state index in [0.717, 1.165) is 33.5 Å². The highest BCUT2D eigenvalue weighted by Gasteiger charge is 2.41. The maximum Gasteiger partial charge on any atom is 0.226 e. The van der Waals surface area contributed by atoms with Crippen LogP contribution in [0.1, 0.15) is 29.9 Å². The standard InChI is InChI=1S/C31H26FN5OS/c32-22-13-15-23(16-14-22)36-19-6-12-27(36)30-29(26-10-3-4-18-33-26)35-31(39)37(30)20-17-28(38)34-25-11-5-8-21-7-1-2-9-24(21)25/h1-16,18-19,29-30H,17,20H2,(H,34,38)(H,35,39)/t29-,30+/m0/s1. The third-order valence-electron chi connectivity index (χ3n) is 7.03. The SMILES string of the molecule is O=C(CCN1C(=S)N[C@@H](c2ccccn2)[C@H]1c1cccn1-c1ccc(F)cc1)Nc1cccc2ccccc12. The molecule has 0 aliphatic carbocycles. The van der Waals surface area contributed by atoms with Gasteiger partial charge in [0.15, 0.2) is 5.11 Å². The third-order valence-corrected chi connectivity index (χ3v) is 7.38. The number of halogens is 1. The molecule has 2 N–H and O–H groups in total. The van der Waals surface area contributed by atoms with Gasteiger partial charge in [0.2, 0.25) is 5.91 Å². The summed E-state index contributed by atoms with van der Waals surface area (Å²) in [5.41, 5.74) is 3.43. The van der Waals surface area contributed by atoms with Gasteiger partial charge in [-0.3, -0.25) is 9.78 Å². The van der Waals surface area contributed by atoms with Crippen LogP contribution in [0.15, 0.2) is 109 Å². The number of hydrogen-bond acceptors (Lipinski definition) is 3. The summed E-state index contributed by atoms with van der Waals surface area (Å²) in [7, 11) is 0. The Morgan fingerprint density at radius 3 is 2.56 bits per heavy atom. The first-order valence-corrected chi connectivity index (χ1v) is 13.2. The molecule has 1 amide bonds. The van der Waals surface area contributed by atoms with E-state index in [1.165, 1.54) is 12.1 Å². The van der Waals surface area contributed by atoms with E-state index < -0.39 is 0 Å². The second kappa shape index (κ2) is 10.7. The molecule has 6 nitrogen and oxygen atoms in total. The van der Waals surface area contributed by atoms with Gasteiger partial charge in [0.1, 0.15) is 5.82 Å². The molecule has 6 rings (SSSR count). The lowest BCUT2D eigenvalue weighted by Gasteiger charge is -2.29. The molecular weight excluding hydrogens is 509 g/mol. The maximum absolute atomic E-state index is 13.7. The van der Waals surface area contributed by atoms with E-state index in [-0.39, 0.29) is 30.2 Å². The zero-order chi connectivity index (χ0) is 26.8. The van der Waals surface area contributed by atoms with Gasteiger partial charge in [-0.05, 0) is 72.2 Å². The lowest BCUT2D eigenvalue weighted by atomic mass is 10.0. The molecule has 1 saturated heterocycles. The fourth-order valence-electron chi connectivity index (χ4n) is 5.21. The summed E-state index contributed by atoms with van der Waals surface area (Å²) in [5, 5.41) is 9.13. The number of nitrogens with one attached hydrogen (secondary N) is 2. The Hall–Kier alpha value is -4.56. The van der Waals surface area contributed by atoms with Crippen LogP contribution in [0.4, 0.5) is 10.1 Å². The minimum atomic E-state index is -0.290. The molecule has 8 heteroatoms. The van der Waals surface area contributed by atoms with Gasteiger partial charge >= 0.3 is 0 Å². The average Bonchev–Trinajstić information content (AvgIpc) is 3.57. The number of thiocarbonyl (C=S) groups is 1. The molecule has 39 heavy (non-hydrogen) atoms.